The van der Waals surface area contributed by atoms with E-state index < -0.39 is 0 Å². The molecule has 0 saturated heterocycles. The predicted molar refractivity (Wildman–Crippen MR) is 157 cm³/mol. The number of nitrogens with zero attached hydrogens (tertiary/aromatic N) is 6. The summed E-state index contributed by atoms with van der Waals surface area (Å²) in [5.41, 5.74) is 8.09. The molecule has 4 heterocycles. The van der Waals surface area contributed by atoms with E-state index in [4.69, 9.17) is 0 Å². The molecule has 0 spiro atoms. The standard InChI is InChI=1S/C35H29N6/c1-2-4-29(5-3-1)26-37-24-25-41(28-37)35-12-8-33(9-13-35)39-21-16-31(17-22-39)30-14-19-38(20-15-30)32-6-10-34(11-7-32)40-23-18-36-27-40/h1-25,27-28H,26H2/q+3. The van der Waals surface area contributed by atoms with Gasteiger partial charge in [0.15, 0.2) is 24.8 Å². The van der Waals surface area contributed by atoms with Crippen molar-refractivity contribution in [1.82, 2.24) is 14.1 Å². The van der Waals surface area contributed by atoms with Gasteiger partial charge in [-0.2, -0.15) is 9.13 Å². The van der Waals surface area contributed by atoms with Crippen molar-refractivity contribution in [2.75, 3.05) is 0 Å². The quantitative estimate of drug-likeness (QED) is 0.259. The van der Waals surface area contributed by atoms with Crippen LogP contribution in [-0.2, 0) is 6.54 Å². The minimum Gasteiger partial charge on any atom is -0.306 e. The molecule has 6 nitrogen and oxygen atoms in total. The van der Waals surface area contributed by atoms with Gasteiger partial charge in [-0.05, 0) is 41.0 Å². The van der Waals surface area contributed by atoms with Gasteiger partial charge >= 0.3 is 0 Å². The van der Waals surface area contributed by atoms with E-state index in [1.54, 1.807) is 12.5 Å². The van der Waals surface area contributed by atoms with Crippen LogP contribution < -0.4 is 13.7 Å². The molecule has 0 bridgehead atoms. The summed E-state index contributed by atoms with van der Waals surface area (Å²) < 4.78 is 10.6. The Morgan fingerprint density at radius 1 is 0.537 bits per heavy atom. The lowest BCUT2D eigenvalue weighted by Crippen LogP contribution is -2.31. The first-order valence-electron chi connectivity index (χ1n) is 13.6. The van der Waals surface area contributed by atoms with E-state index in [2.05, 4.69) is 164 Å². The van der Waals surface area contributed by atoms with E-state index in [-0.39, 0.29) is 0 Å². The first-order valence-corrected chi connectivity index (χ1v) is 13.6. The maximum Gasteiger partial charge on any atom is 0.249 e. The average Bonchev–Trinajstić information content (AvgIpc) is 3.75. The Balaban J connectivity index is 1.02. The van der Waals surface area contributed by atoms with Gasteiger partial charge in [0, 0.05) is 66.6 Å². The van der Waals surface area contributed by atoms with E-state index in [1.165, 1.54) is 16.7 Å². The maximum absolute atomic E-state index is 4.12. The largest absolute Gasteiger partial charge is 0.306 e. The second-order valence-electron chi connectivity index (χ2n) is 9.97. The van der Waals surface area contributed by atoms with Crippen LogP contribution in [-0.4, -0.2) is 14.1 Å². The molecule has 0 N–H and O–H groups in total. The number of rotatable bonds is 7. The molecule has 0 radical (unpaired) electrons. The highest BCUT2D eigenvalue weighted by molar-refractivity contribution is 5.61. The molecule has 6 heteroatoms. The zero-order valence-electron chi connectivity index (χ0n) is 22.5. The number of hydrogen-bond donors (Lipinski definition) is 0. The summed E-state index contributed by atoms with van der Waals surface area (Å²) in [5, 5.41) is 0. The van der Waals surface area contributed by atoms with Crippen molar-refractivity contribution in [3.63, 3.8) is 0 Å². The molecular formula is C35H29N6+3. The molecule has 7 rings (SSSR count). The van der Waals surface area contributed by atoms with E-state index in [9.17, 15) is 0 Å². The molecule has 3 aromatic carbocycles. The van der Waals surface area contributed by atoms with Crippen LogP contribution in [0.1, 0.15) is 5.56 Å². The zero-order chi connectivity index (χ0) is 27.4. The Bertz CT molecular complexity index is 1850. The summed E-state index contributed by atoms with van der Waals surface area (Å²) in [5.74, 6) is 0. The highest BCUT2D eigenvalue weighted by Crippen LogP contribution is 2.17. The number of pyridine rings is 2. The van der Waals surface area contributed by atoms with Crippen LogP contribution >= 0.6 is 0 Å². The Labute approximate surface area is 238 Å². The van der Waals surface area contributed by atoms with Gasteiger partial charge < -0.3 is 4.57 Å². The van der Waals surface area contributed by atoms with Gasteiger partial charge in [-0.25, -0.2) is 14.1 Å². The van der Waals surface area contributed by atoms with Gasteiger partial charge in [0.25, 0.3) is 0 Å². The van der Waals surface area contributed by atoms with Crippen LogP contribution in [0.2, 0.25) is 0 Å². The molecule has 0 atom stereocenters. The van der Waals surface area contributed by atoms with Crippen molar-refractivity contribution in [3.8, 4) is 33.9 Å². The summed E-state index contributed by atoms with van der Waals surface area (Å²) in [4.78, 5) is 4.12. The van der Waals surface area contributed by atoms with Gasteiger partial charge in [0.05, 0.1) is 6.33 Å². The number of imidazole rings is 2. The molecule has 0 amide bonds. The Morgan fingerprint density at radius 3 is 1.63 bits per heavy atom. The number of aromatic nitrogens is 6. The van der Waals surface area contributed by atoms with E-state index in [0.29, 0.717) is 0 Å². The van der Waals surface area contributed by atoms with Gasteiger partial charge in [-0.15, -0.1) is 0 Å². The second kappa shape index (κ2) is 10.9. The van der Waals surface area contributed by atoms with Gasteiger partial charge in [-0.1, -0.05) is 30.3 Å². The maximum atomic E-state index is 4.12. The van der Waals surface area contributed by atoms with Crippen LogP contribution in [0.4, 0.5) is 0 Å². The summed E-state index contributed by atoms with van der Waals surface area (Å²) >= 11 is 0. The van der Waals surface area contributed by atoms with Crippen LogP contribution in [0.25, 0.3) is 33.9 Å². The number of hydrogen-bond acceptors (Lipinski definition) is 1. The molecule has 0 aliphatic rings. The minimum atomic E-state index is 0.857. The topological polar surface area (TPSA) is 34.4 Å². The van der Waals surface area contributed by atoms with Crippen LogP contribution in [0.15, 0.2) is 165 Å². The third-order valence-corrected chi connectivity index (χ3v) is 7.29. The minimum absolute atomic E-state index is 0.857. The summed E-state index contributed by atoms with van der Waals surface area (Å²) in [7, 11) is 0. The van der Waals surface area contributed by atoms with Crippen molar-refractivity contribution in [3.05, 3.63) is 171 Å². The van der Waals surface area contributed by atoms with E-state index in [1.807, 2.05) is 16.8 Å². The highest BCUT2D eigenvalue weighted by Gasteiger charge is 2.12. The molecule has 0 fully saturated rings. The monoisotopic (exact) mass is 533 g/mol. The average molecular weight is 534 g/mol. The molecular weight excluding hydrogens is 504 g/mol. The van der Waals surface area contributed by atoms with Crippen LogP contribution in [0, 0.1) is 0 Å². The third-order valence-electron chi connectivity index (χ3n) is 7.29. The fourth-order valence-corrected chi connectivity index (χ4v) is 5.02. The third kappa shape index (κ3) is 5.31. The first kappa shape index (κ1) is 24.4. The number of benzene rings is 3. The molecule has 0 unspecified atom stereocenters. The highest BCUT2D eigenvalue weighted by atomic mass is 15.1. The van der Waals surface area contributed by atoms with Crippen molar-refractivity contribution < 1.29 is 13.7 Å². The fraction of sp³-hybridized carbons (Fsp3) is 0.0286. The SMILES string of the molecule is c1ccc(C[n+]2ccn(-c3ccc(-[n+]4ccc(-c5cc[n+](-c6ccc(-n7ccnc7)cc6)cc5)cc4)cc3)c2)cc1. The molecule has 41 heavy (non-hydrogen) atoms. The molecule has 0 saturated carbocycles. The molecule has 0 aliphatic carbocycles. The molecule has 196 valence electrons. The lowest BCUT2D eigenvalue weighted by Gasteiger charge is -2.03. The Hall–Kier alpha value is -5.62. The van der Waals surface area contributed by atoms with Crippen molar-refractivity contribution in [2.45, 2.75) is 6.54 Å². The van der Waals surface area contributed by atoms with E-state index >= 15 is 0 Å². The zero-order valence-corrected chi connectivity index (χ0v) is 22.5. The summed E-state index contributed by atoms with van der Waals surface area (Å²) in [6.45, 7) is 0.857. The van der Waals surface area contributed by atoms with Gasteiger partial charge in [0.2, 0.25) is 17.7 Å². The fourth-order valence-electron chi connectivity index (χ4n) is 5.02. The van der Waals surface area contributed by atoms with Crippen molar-refractivity contribution in [2.24, 2.45) is 0 Å². The summed E-state index contributed by atoms with van der Waals surface area (Å²) in [6, 6.07) is 36.2. The van der Waals surface area contributed by atoms with Crippen LogP contribution in [0.3, 0.4) is 0 Å². The van der Waals surface area contributed by atoms with Crippen molar-refractivity contribution >= 4 is 0 Å². The van der Waals surface area contributed by atoms with Gasteiger partial charge in [-0.3, -0.25) is 0 Å². The lowest BCUT2D eigenvalue weighted by atomic mass is 10.1. The summed E-state index contributed by atoms with van der Waals surface area (Å²) in [6.07, 6.45) is 20.3. The van der Waals surface area contributed by atoms with E-state index in [0.717, 1.165) is 29.3 Å². The first-order chi connectivity index (χ1) is 20.3. The molecule has 0 aliphatic heterocycles. The normalized spacial score (nSPS) is 11.0. The molecule has 4 aromatic heterocycles. The smallest absolute Gasteiger partial charge is 0.249 e. The Morgan fingerprint density at radius 2 is 1.10 bits per heavy atom. The Kier molecular flexibility index (Phi) is 6.47. The molecule has 7 aromatic rings. The van der Waals surface area contributed by atoms with Gasteiger partial charge in [0.1, 0.15) is 24.6 Å². The van der Waals surface area contributed by atoms with Crippen LogP contribution in [0.5, 0.6) is 0 Å². The second-order valence-corrected chi connectivity index (χ2v) is 9.97. The van der Waals surface area contributed by atoms with Crippen molar-refractivity contribution in [1.29, 1.82) is 0 Å². The lowest BCUT2D eigenvalue weighted by molar-refractivity contribution is -0.687. The predicted octanol–water partition coefficient (Wildman–Crippen LogP) is 5.22.